The Kier molecular flexibility index (Phi) is 4.83. The van der Waals surface area contributed by atoms with Gasteiger partial charge in [-0.2, -0.15) is 0 Å². The van der Waals surface area contributed by atoms with Gasteiger partial charge in [0.1, 0.15) is 24.1 Å². The number of nitrogen functional groups attached to an aromatic ring is 1. The number of halogens is 2. The third kappa shape index (κ3) is 3.62. The molecular formula is C12H13BrFN5O. The standard InChI is InChI=1S/C12H13BrFN5O/c1-20-6-12-17-10(5-11(18-12)19-15)16-9-4-7(14)2-3-8(9)13/h2-5H,6,15H2,1H3,(H2,16,17,18,19). The highest BCUT2D eigenvalue weighted by Crippen LogP contribution is 2.26. The van der Waals surface area contributed by atoms with E-state index in [2.05, 4.69) is 36.6 Å². The molecule has 0 spiro atoms. The summed E-state index contributed by atoms with van der Waals surface area (Å²) in [6.45, 7) is 0.245. The quantitative estimate of drug-likeness (QED) is 0.572. The number of nitrogens with one attached hydrogen (secondary N) is 2. The monoisotopic (exact) mass is 341 g/mol. The summed E-state index contributed by atoms with van der Waals surface area (Å²) in [6, 6.07) is 5.93. The highest BCUT2D eigenvalue weighted by Gasteiger charge is 2.07. The molecule has 0 fully saturated rings. The van der Waals surface area contributed by atoms with E-state index in [1.807, 2.05) is 0 Å². The van der Waals surface area contributed by atoms with Gasteiger partial charge in [-0.1, -0.05) is 0 Å². The molecule has 0 aliphatic carbocycles. The Morgan fingerprint density at radius 2 is 2.05 bits per heavy atom. The van der Waals surface area contributed by atoms with E-state index in [0.29, 0.717) is 27.6 Å². The van der Waals surface area contributed by atoms with Gasteiger partial charge < -0.3 is 15.5 Å². The number of nitrogens with zero attached hydrogens (tertiary/aromatic N) is 2. The van der Waals surface area contributed by atoms with E-state index in [1.165, 1.54) is 12.1 Å². The molecule has 0 aliphatic heterocycles. The number of ether oxygens (including phenoxy) is 1. The molecule has 0 radical (unpaired) electrons. The second-order valence-corrected chi connectivity index (χ2v) is 4.74. The van der Waals surface area contributed by atoms with Crippen LogP contribution in [0.15, 0.2) is 28.7 Å². The first-order valence-electron chi connectivity index (χ1n) is 5.68. The van der Waals surface area contributed by atoms with Gasteiger partial charge in [0.2, 0.25) is 0 Å². The van der Waals surface area contributed by atoms with E-state index in [-0.39, 0.29) is 12.4 Å². The maximum absolute atomic E-state index is 13.2. The van der Waals surface area contributed by atoms with Crippen LogP contribution in [0.3, 0.4) is 0 Å². The first-order valence-corrected chi connectivity index (χ1v) is 6.47. The first kappa shape index (κ1) is 14.6. The minimum absolute atomic E-state index is 0.245. The van der Waals surface area contributed by atoms with Crippen molar-refractivity contribution >= 4 is 33.3 Å². The maximum atomic E-state index is 13.2. The van der Waals surface area contributed by atoms with Crippen LogP contribution in [0.2, 0.25) is 0 Å². The van der Waals surface area contributed by atoms with Crippen molar-refractivity contribution in [3.05, 3.63) is 40.4 Å². The van der Waals surface area contributed by atoms with Crippen LogP contribution in [0.25, 0.3) is 0 Å². The van der Waals surface area contributed by atoms with Gasteiger partial charge in [0.25, 0.3) is 0 Å². The van der Waals surface area contributed by atoms with Gasteiger partial charge >= 0.3 is 0 Å². The van der Waals surface area contributed by atoms with Gasteiger partial charge in [-0.05, 0) is 34.1 Å². The molecule has 4 N–H and O–H groups in total. The van der Waals surface area contributed by atoms with Crippen LogP contribution in [0.1, 0.15) is 5.82 Å². The summed E-state index contributed by atoms with van der Waals surface area (Å²) in [7, 11) is 1.54. The third-order valence-electron chi connectivity index (χ3n) is 2.38. The highest BCUT2D eigenvalue weighted by molar-refractivity contribution is 9.10. The fourth-order valence-corrected chi connectivity index (χ4v) is 1.91. The summed E-state index contributed by atoms with van der Waals surface area (Å²) >= 11 is 3.34. The number of hydrogen-bond acceptors (Lipinski definition) is 6. The Morgan fingerprint density at radius 1 is 1.30 bits per heavy atom. The van der Waals surface area contributed by atoms with E-state index in [9.17, 15) is 4.39 Å². The zero-order valence-corrected chi connectivity index (χ0v) is 12.2. The number of benzene rings is 1. The predicted octanol–water partition coefficient (Wildman–Crippen LogP) is 2.55. The zero-order chi connectivity index (χ0) is 14.5. The van der Waals surface area contributed by atoms with Crippen LogP contribution < -0.4 is 16.6 Å². The zero-order valence-electron chi connectivity index (χ0n) is 10.7. The minimum atomic E-state index is -0.348. The fraction of sp³-hybridized carbons (Fsp3) is 0.167. The van der Waals surface area contributed by atoms with E-state index >= 15 is 0 Å². The molecule has 0 unspecified atom stereocenters. The largest absolute Gasteiger partial charge is 0.377 e. The van der Waals surface area contributed by atoms with Gasteiger partial charge in [0.15, 0.2) is 5.82 Å². The molecule has 8 heteroatoms. The van der Waals surface area contributed by atoms with Crippen LogP contribution in [-0.4, -0.2) is 17.1 Å². The normalized spacial score (nSPS) is 10.4. The topological polar surface area (TPSA) is 85.1 Å². The van der Waals surface area contributed by atoms with Gasteiger partial charge in [-0.25, -0.2) is 20.2 Å². The van der Waals surface area contributed by atoms with Crippen LogP contribution in [0.5, 0.6) is 0 Å². The molecule has 0 saturated heterocycles. The van der Waals surface area contributed by atoms with Crippen molar-refractivity contribution < 1.29 is 9.13 Å². The van der Waals surface area contributed by atoms with E-state index in [1.54, 1.807) is 19.2 Å². The van der Waals surface area contributed by atoms with Crippen LogP contribution in [-0.2, 0) is 11.3 Å². The first-order chi connectivity index (χ1) is 9.62. The predicted molar refractivity (Wildman–Crippen MR) is 77.9 cm³/mol. The van der Waals surface area contributed by atoms with Crippen molar-refractivity contribution in [3.8, 4) is 0 Å². The summed E-state index contributed by atoms with van der Waals surface area (Å²) in [5.41, 5.74) is 3.00. The molecule has 0 bridgehead atoms. The molecule has 2 aromatic rings. The van der Waals surface area contributed by atoms with E-state index in [0.717, 1.165) is 0 Å². The van der Waals surface area contributed by atoms with Crippen molar-refractivity contribution in [2.24, 2.45) is 5.84 Å². The van der Waals surface area contributed by atoms with Crippen molar-refractivity contribution in [2.75, 3.05) is 17.9 Å². The molecule has 1 heterocycles. The van der Waals surface area contributed by atoms with Crippen LogP contribution in [0, 0.1) is 5.82 Å². The fourth-order valence-electron chi connectivity index (χ4n) is 1.56. The number of methoxy groups -OCH3 is 1. The summed E-state index contributed by atoms with van der Waals surface area (Å²) < 4.78 is 19.0. The second-order valence-electron chi connectivity index (χ2n) is 3.88. The molecular weight excluding hydrogens is 329 g/mol. The molecule has 1 aromatic carbocycles. The molecule has 0 amide bonds. The van der Waals surface area contributed by atoms with Gasteiger partial charge in [0.05, 0.1) is 5.69 Å². The number of rotatable bonds is 5. The lowest BCUT2D eigenvalue weighted by Crippen LogP contribution is -2.12. The average molecular weight is 342 g/mol. The van der Waals surface area contributed by atoms with Crippen molar-refractivity contribution in [1.29, 1.82) is 0 Å². The van der Waals surface area contributed by atoms with E-state index in [4.69, 9.17) is 10.6 Å². The molecule has 0 atom stereocenters. The number of hydrogen-bond donors (Lipinski definition) is 3. The Morgan fingerprint density at radius 3 is 2.75 bits per heavy atom. The Labute approximate surface area is 123 Å². The third-order valence-corrected chi connectivity index (χ3v) is 3.08. The highest BCUT2D eigenvalue weighted by atomic mass is 79.9. The summed E-state index contributed by atoms with van der Waals surface area (Å²) in [4.78, 5) is 8.38. The lowest BCUT2D eigenvalue weighted by atomic mass is 10.3. The molecule has 20 heavy (non-hydrogen) atoms. The van der Waals surface area contributed by atoms with Crippen LogP contribution >= 0.6 is 15.9 Å². The maximum Gasteiger partial charge on any atom is 0.158 e. The molecule has 106 valence electrons. The number of nitrogens with two attached hydrogens (primary N) is 1. The minimum Gasteiger partial charge on any atom is -0.377 e. The average Bonchev–Trinajstić information content (AvgIpc) is 2.43. The number of anilines is 3. The molecule has 0 saturated carbocycles. The van der Waals surface area contributed by atoms with Crippen molar-refractivity contribution in [1.82, 2.24) is 9.97 Å². The van der Waals surface area contributed by atoms with Gasteiger partial charge in [-0.15, -0.1) is 0 Å². The Bertz CT molecular complexity index is 610. The van der Waals surface area contributed by atoms with Gasteiger partial charge in [0, 0.05) is 17.6 Å². The smallest absolute Gasteiger partial charge is 0.158 e. The summed E-state index contributed by atoms with van der Waals surface area (Å²) in [6.07, 6.45) is 0. The van der Waals surface area contributed by atoms with Gasteiger partial charge in [-0.3, -0.25) is 0 Å². The Hall–Kier alpha value is -1.77. The molecule has 0 aliphatic rings. The summed E-state index contributed by atoms with van der Waals surface area (Å²) in [5, 5.41) is 3.00. The van der Waals surface area contributed by atoms with E-state index < -0.39 is 0 Å². The van der Waals surface area contributed by atoms with Crippen molar-refractivity contribution in [3.63, 3.8) is 0 Å². The van der Waals surface area contributed by atoms with Crippen LogP contribution in [0.4, 0.5) is 21.7 Å². The summed E-state index contributed by atoms with van der Waals surface area (Å²) in [5.74, 6) is 6.37. The SMILES string of the molecule is COCc1nc(NN)cc(Nc2cc(F)ccc2Br)n1. The Balaban J connectivity index is 2.32. The number of aromatic nitrogens is 2. The molecule has 1 aromatic heterocycles. The molecule has 2 rings (SSSR count). The second kappa shape index (κ2) is 6.60. The molecule has 6 nitrogen and oxygen atoms in total. The van der Waals surface area contributed by atoms with Crippen molar-refractivity contribution in [2.45, 2.75) is 6.61 Å². The lowest BCUT2D eigenvalue weighted by molar-refractivity contribution is 0.178. The number of hydrazine groups is 1. The lowest BCUT2D eigenvalue weighted by Gasteiger charge is -2.11.